The van der Waals surface area contributed by atoms with Crippen LogP contribution in [0.4, 0.5) is 0 Å². The smallest absolute Gasteiger partial charge is 0.188 e. The number of ether oxygens (including phenoxy) is 1. The Bertz CT molecular complexity index is 529. The maximum atomic E-state index is 6.21. The fourth-order valence-electron chi connectivity index (χ4n) is 3.04. The number of halogens is 2. The summed E-state index contributed by atoms with van der Waals surface area (Å²) in [4.78, 5) is 6.88. The van der Waals surface area contributed by atoms with E-state index >= 15 is 0 Å². The lowest BCUT2D eigenvalue weighted by Gasteiger charge is -2.23. The van der Waals surface area contributed by atoms with E-state index in [1.807, 2.05) is 24.3 Å². The summed E-state index contributed by atoms with van der Waals surface area (Å²) in [7, 11) is 1.66. The maximum Gasteiger partial charge on any atom is 0.188 e. The largest absolute Gasteiger partial charge is 0.375 e. The number of nitrogens with two attached hydrogens (primary N) is 1. The van der Waals surface area contributed by atoms with Crippen LogP contribution in [-0.2, 0) is 4.74 Å². The Morgan fingerprint density at radius 3 is 2.92 bits per heavy atom. The Labute approximate surface area is 167 Å². The second-order valence-electron chi connectivity index (χ2n) is 5.78. The molecule has 0 saturated carbocycles. The number of likely N-dealkylation sites (N-methyl/N-ethyl adjacent to an activating group) is 1. The third kappa shape index (κ3) is 6.06. The van der Waals surface area contributed by atoms with Crippen molar-refractivity contribution in [1.29, 1.82) is 0 Å². The highest BCUT2D eigenvalue weighted by Gasteiger charge is 2.22. The average molecular weight is 467 g/mol. The van der Waals surface area contributed by atoms with Crippen LogP contribution < -0.4 is 11.1 Å². The van der Waals surface area contributed by atoms with Gasteiger partial charge in [0.2, 0.25) is 0 Å². The van der Waals surface area contributed by atoms with Crippen LogP contribution in [-0.4, -0.2) is 50.2 Å². The lowest BCUT2D eigenvalue weighted by Crippen LogP contribution is -2.42. The van der Waals surface area contributed by atoms with E-state index in [0.29, 0.717) is 23.6 Å². The second-order valence-corrected chi connectivity index (χ2v) is 6.18. The van der Waals surface area contributed by atoms with Gasteiger partial charge in [0.15, 0.2) is 5.96 Å². The second kappa shape index (κ2) is 11.1. The highest BCUT2D eigenvalue weighted by Crippen LogP contribution is 2.25. The summed E-state index contributed by atoms with van der Waals surface area (Å²) >= 11 is 6.21. The number of likely N-dealkylation sites (tertiary alicyclic amines) is 1. The third-order valence-electron chi connectivity index (χ3n) is 4.39. The molecule has 5 nitrogen and oxygen atoms in total. The molecule has 0 aromatic heterocycles. The lowest BCUT2D eigenvalue weighted by molar-refractivity contribution is 0.111. The monoisotopic (exact) mass is 466 g/mol. The van der Waals surface area contributed by atoms with Crippen molar-refractivity contribution in [2.24, 2.45) is 10.7 Å². The molecule has 1 saturated heterocycles. The van der Waals surface area contributed by atoms with Crippen molar-refractivity contribution < 1.29 is 4.74 Å². The molecule has 7 heteroatoms. The Morgan fingerprint density at radius 1 is 1.50 bits per heavy atom. The van der Waals surface area contributed by atoms with Crippen LogP contribution in [0.3, 0.4) is 0 Å². The topological polar surface area (TPSA) is 62.9 Å². The standard InChI is InChI=1S/C17H27ClN4O.HI/c1-3-22-10-6-7-13(22)11-20-17(19)21-12-16(23-2)14-8-4-5-9-15(14)18;/h4-5,8-9,13,16H,3,6-7,10-12H2,1-2H3,(H3,19,20,21);1H. The van der Waals surface area contributed by atoms with E-state index in [2.05, 4.69) is 22.1 Å². The Morgan fingerprint density at radius 2 is 2.25 bits per heavy atom. The molecular formula is C17H28ClIN4O. The van der Waals surface area contributed by atoms with Crippen LogP contribution in [0.2, 0.25) is 5.02 Å². The minimum atomic E-state index is -0.192. The number of aliphatic imine (C=N–C) groups is 1. The van der Waals surface area contributed by atoms with Gasteiger partial charge in [0.25, 0.3) is 0 Å². The summed E-state index contributed by atoms with van der Waals surface area (Å²) in [6.07, 6.45) is 2.28. The molecule has 136 valence electrons. The van der Waals surface area contributed by atoms with Crippen molar-refractivity contribution in [2.45, 2.75) is 31.9 Å². The summed E-state index contributed by atoms with van der Waals surface area (Å²) in [6.45, 7) is 5.75. The van der Waals surface area contributed by atoms with Crippen molar-refractivity contribution in [1.82, 2.24) is 10.2 Å². The molecule has 1 heterocycles. The van der Waals surface area contributed by atoms with E-state index in [1.54, 1.807) is 7.11 Å². The molecule has 1 fully saturated rings. The van der Waals surface area contributed by atoms with Gasteiger partial charge in [-0.05, 0) is 32.0 Å². The van der Waals surface area contributed by atoms with Gasteiger partial charge in [0.1, 0.15) is 6.10 Å². The van der Waals surface area contributed by atoms with Crippen molar-refractivity contribution in [3.63, 3.8) is 0 Å². The van der Waals surface area contributed by atoms with Crippen LogP contribution in [0.15, 0.2) is 29.3 Å². The number of nitrogens with one attached hydrogen (secondary N) is 1. The van der Waals surface area contributed by atoms with Gasteiger partial charge in [-0.15, -0.1) is 24.0 Å². The number of methoxy groups -OCH3 is 1. The predicted octanol–water partition coefficient (Wildman–Crippen LogP) is 3.03. The summed E-state index contributed by atoms with van der Waals surface area (Å²) in [5.74, 6) is 0.460. The van der Waals surface area contributed by atoms with Crippen molar-refractivity contribution in [3.05, 3.63) is 34.9 Å². The SMILES string of the molecule is CCN1CCCC1CNC(N)=NCC(OC)c1ccccc1Cl.I. The Hall–Kier alpha value is -0.570. The number of hydrogen-bond donors (Lipinski definition) is 2. The average Bonchev–Trinajstić information content (AvgIpc) is 3.02. The molecule has 0 amide bonds. The van der Waals surface area contributed by atoms with Crippen LogP contribution in [0.5, 0.6) is 0 Å². The molecule has 0 spiro atoms. The van der Waals surface area contributed by atoms with E-state index in [4.69, 9.17) is 22.1 Å². The van der Waals surface area contributed by atoms with Gasteiger partial charge in [-0.2, -0.15) is 0 Å². The molecule has 0 radical (unpaired) electrons. The first-order valence-corrected chi connectivity index (χ1v) is 8.58. The van der Waals surface area contributed by atoms with Crippen molar-refractivity contribution in [3.8, 4) is 0 Å². The van der Waals surface area contributed by atoms with Crippen molar-refractivity contribution in [2.75, 3.05) is 33.3 Å². The molecule has 2 atom stereocenters. The van der Waals surface area contributed by atoms with Crippen molar-refractivity contribution >= 4 is 41.5 Å². The minimum Gasteiger partial charge on any atom is -0.375 e. The van der Waals surface area contributed by atoms with E-state index in [9.17, 15) is 0 Å². The normalized spacial score (nSPS) is 19.8. The maximum absolute atomic E-state index is 6.21. The molecule has 2 rings (SSSR count). The third-order valence-corrected chi connectivity index (χ3v) is 4.73. The first kappa shape index (κ1) is 21.5. The number of hydrogen-bond acceptors (Lipinski definition) is 3. The summed E-state index contributed by atoms with van der Waals surface area (Å²) in [5, 5.41) is 3.92. The summed E-state index contributed by atoms with van der Waals surface area (Å²) in [5.41, 5.74) is 6.92. The zero-order valence-corrected chi connectivity index (χ0v) is 17.5. The first-order chi connectivity index (χ1) is 11.2. The Balaban J connectivity index is 0.00000288. The summed E-state index contributed by atoms with van der Waals surface area (Å²) < 4.78 is 5.50. The zero-order chi connectivity index (χ0) is 16.7. The lowest BCUT2D eigenvalue weighted by atomic mass is 10.1. The van der Waals surface area contributed by atoms with Crippen LogP contribution in [0, 0.1) is 0 Å². The van der Waals surface area contributed by atoms with Gasteiger partial charge in [0.05, 0.1) is 6.54 Å². The molecule has 1 aliphatic heterocycles. The van der Waals surface area contributed by atoms with E-state index in [-0.39, 0.29) is 30.1 Å². The highest BCUT2D eigenvalue weighted by molar-refractivity contribution is 14.0. The van der Waals surface area contributed by atoms with Crippen LogP contribution >= 0.6 is 35.6 Å². The van der Waals surface area contributed by atoms with Gasteiger partial charge >= 0.3 is 0 Å². The Kier molecular flexibility index (Phi) is 9.95. The van der Waals surface area contributed by atoms with Gasteiger partial charge in [-0.25, -0.2) is 0 Å². The molecule has 2 unspecified atom stereocenters. The number of benzene rings is 1. The zero-order valence-electron chi connectivity index (χ0n) is 14.4. The molecule has 3 N–H and O–H groups in total. The van der Waals surface area contributed by atoms with Gasteiger partial charge < -0.3 is 15.8 Å². The number of guanidine groups is 1. The molecule has 0 bridgehead atoms. The van der Waals surface area contributed by atoms with E-state index < -0.39 is 0 Å². The van der Waals surface area contributed by atoms with Crippen LogP contribution in [0.1, 0.15) is 31.4 Å². The molecule has 1 aliphatic rings. The van der Waals surface area contributed by atoms with Gasteiger partial charge in [-0.1, -0.05) is 36.7 Å². The van der Waals surface area contributed by atoms with Gasteiger partial charge in [-0.3, -0.25) is 9.89 Å². The van der Waals surface area contributed by atoms with Gasteiger partial charge in [0, 0.05) is 30.3 Å². The molecular weight excluding hydrogens is 439 g/mol. The quantitative estimate of drug-likeness (QED) is 0.368. The molecule has 1 aromatic carbocycles. The predicted molar refractivity (Wildman–Crippen MR) is 111 cm³/mol. The van der Waals surface area contributed by atoms with Crippen LogP contribution in [0.25, 0.3) is 0 Å². The fraction of sp³-hybridized carbons (Fsp3) is 0.588. The minimum absolute atomic E-state index is 0. The molecule has 0 aliphatic carbocycles. The number of rotatable bonds is 7. The van der Waals surface area contributed by atoms with E-state index in [1.165, 1.54) is 19.4 Å². The number of nitrogens with zero attached hydrogens (tertiary/aromatic N) is 2. The fourth-order valence-corrected chi connectivity index (χ4v) is 3.30. The first-order valence-electron chi connectivity index (χ1n) is 8.20. The summed E-state index contributed by atoms with van der Waals surface area (Å²) in [6, 6.07) is 8.20. The highest BCUT2D eigenvalue weighted by atomic mass is 127. The molecule has 24 heavy (non-hydrogen) atoms. The molecule has 1 aromatic rings. The van der Waals surface area contributed by atoms with E-state index in [0.717, 1.165) is 18.7 Å².